The molecule has 1 N–H and O–H groups in total. The van der Waals surface area contributed by atoms with Crippen molar-refractivity contribution >= 4 is 16.0 Å². The Morgan fingerprint density at radius 2 is 1.48 bits per heavy atom. The molecule has 4 rings (SSSR count). The van der Waals surface area contributed by atoms with Crippen LogP contribution in [0.2, 0.25) is 0 Å². The third-order valence-corrected chi connectivity index (χ3v) is 6.92. The van der Waals surface area contributed by atoms with Crippen molar-refractivity contribution in [1.82, 2.24) is 9.97 Å². The zero-order valence-electron chi connectivity index (χ0n) is 17.5. The van der Waals surface area contributed by atoms with E-state index in [1.165, 1.54) is 12.1 Å². The van der Waals surface area contributed by atoms with Gasteiger partial charge in [-0.25, -0.2) is 18.1 Å². The second-order valence-corrected chi connectivity index (χ2v) is 9.56. The number of alkyl halides is 3. The van der Waals surface area contributed by atoms with E-state index >= 15 is 0 Å². The number of rotatable bonds is 6. The summed E-state index contributed by atoms with van der Waals surface area (Å²) in [6, 6.07) is 18.1. The van der Waals surface area contributed by atoms with Crippen molar-refractivity contribution < 1.29 is 26.3 Å². The van der Waals surface area contributed by atoms with Crippen molar-refractivity contribution in [3.63, 3.8) is 0 Å². The number of aromatic nitrogens is 2. The van der Waals surface area contributed by atoms with Gasteiger partial charge in [0.15, 0.2) is 0 Å². The minimum atomic E-state index is -4.21. The minimum absolute atomic E-state index is 0.00186. The molecule has 1 fully saturated rings. The number of ether oxygens (including phenoxy) is 1. The van der Waals surface area contributed by atoms with Gasteiger partial charge >= 0.3 is 6.18 Å². The Hall–Kier alpha value is -3.14. The molecule has 0 atom stereocenters. The third kappa shape index (κ3) is 5.81. The molecule has 0 bridgehead atoms. The molecule has 0 radical (unpaired) electrons. The van der Waals surface area contributed by atoms with Gasteiger partial charge in [0.25, 0.3) is 10.0 Å². The summed E-state index contributed by atoms with van der Waals surface area (Å²) in [5.74, 6) is -1.19. The summed E-state index contributed by atoms with van der Waals surface area (Å²) in [6.07, 6.45) is -3.64. The molecule has 0 amide bonds. The Morgan fingerprint density at radius 3 is 2.09 bits per heavy atom. The fraction of sp³-hybridized carbons (Fsp3) is 0.304. The van der Waals surface area contributed by atoms with Gasteiger partial charge in [-0.05, 0) is 49.9 Å². The molecule has 1 aromatic heterocycles. The molecule has 0 spiro atoms. The lowest BCUT2D eigenvalue weighted by molar-refractivity contribution is -0.182. The predicted molar refractivity (Wildman–Crippen MR) is 117 cm³/mol. The van der Waals surface area contributed by atoms with Crippen LogP contribution in [0.3, 0.4) is 0 Å². The molecule has 1 aliphatic carbocycles. The van der Waals surface area contributed by atoms with Gasteiger partial charge in [0.2, 0.25) is 11.8 Å². The summed E-state index contributed by atoms with van der Waals surface area (Å²) in [6.45, 7) is 0. The van der Waals surface area contributed by atoms with E-state index in [9.17, 15) is 21.6 Å². The van der Waals surface area contributed by atoms with Crippen molar-refractivity contribution in [2.45, 2.75) is 42.7 Å². The normalized spacial score (nSPS) is 19.1. The maximum Gasteiger partial charge on any atom is 0.391 e. The number of anilines is 1. The van der Waals surface area contributed by atoms with Crippen LogP contribution in [0.25, 0.3) is 0 Å². The largest absolute Gasteiger partial charge is 0.439 e. The van der Waals surface area contributed by atoms with Crippen LogP contribution in [0, 0.1) is 5.92 Å². The van der Waals surface area contributed by atoms with E-state index in [-0.39, 0.29) is 48.3 Å². The second kappa shape index (κ2) is 9.38. The van der Waals surface area contributed by atoms with Crippen LogP contribution in [-0.2, 0) is 10.0 Å². The van der Waals surface area contributed by atoms with E-state index in [1.807, 2.05) is 6.07 Å². The highest BCUT2D eigenvalue weighted by Gasteiger charge is 2.41. The summed E-state index contributed by atoms with van der Waals surface area (Å²) in [5, 5.41) is 0. The summed E-state index contributed by atoms with van der Waals surface area (Å²) in [5.41, 5.74) is 0.447. The molecule has 2 aromatic carbocycles. The molecule has 3 aromatic rings. The SMILES string of the molecule is O=S(=O)(Nc1nc(Oc2ccccc2)cc(C2CCC(C(F)(F)F)CC2)n1)c1ccccc1. The number of para-hydroxylation sites is 1. The Morgan fingerprint density at radius 1 is 0.879 bits per heavy atom. The van der Waals surface area contributed by atoms with E-state index in [4.69, 9.17) is 4.74 Å². The number of sulfonamides is 1. The molecule has 1 saturated carbocycles. The average molecular weight is 478 g/mol. The molecule has 0 aliphatic heterocycles. The number of nitrogens with zero attached hydrogens (tertiary/aromatic N) is 2. The Kier molecular flexibility index (Phi) is 6.55. The molecule has 33 heavy (non-hydrogen) atoms. The average Bonchev–Trinajstić information content (AvgIpc) is 2.79. The fourth-order valence-electron chi connectivity index (χ4n) is 3.85. The van der Waals surface area contributed by atoms with Crippen LogP contribution >= 0.6 is 0 Å². The Labute approximate surface area is 189 Å². The smallest absolute Gasteiger partial charge is 0.391 e. The van der Waals surface area contributed by atoms with Crippen LogP contribution in [-0.4, -0.2) is 24.6 Å². The first-order chi connectivity index (χ1) is 15.7. The lowest BCUT2D eigenvalue weighted by Gasteiger charge is -2.29. The van der Waals surface area contributed by atoms with Gasteiger partial charge in [-0.15, -0.1) is 0 Å². The quantitative estimate of drug-likeness (QED) is 0.478. The summed E-state index contributed by atoms with van der Waals surface area (Å²) < 4.78 is 72.9. The maximum absolute atomic E-state index is 13.1. The molecular weight excluding hydrogens is 455 g/mol. The first-order valence-electron chi connectivity index (χ1n) is 10.5. The first kappa shape index (κ1) is 23.0. The van der Waals surface area contributed by atoms with Crippen LogP contribution < -0.4 is 9.46 Å². The van der Waals surface area contributed by atoms with Crippen LogP contribution in [0.4, 0.5) is 19.1 Å². The van der Waals surface area contributed by atoms with Gasteiger partial charge in [0.1, 0.15) is 5.75 Å². The van der Waals surface area contributed by atoms with Crippen LogP contribution in [0.1, 0.15) is 37.3 Å². The summed E-state index contributed by atoms with van der Waals surface area (Å²) >= 11 is 0. The van der Waals surface area contributed by atoms with E-state index < -0.39 is 22.1 Å². The predicted octanol–water partition coefficient (Wildman–Crippen LogP) is 5.91. The number of nitrogens with one attached hydrogen (secondary N) is 1. The van der Waals surface area contributed by atoms with E-state index in [1.54, 1.807) is 48.5 Å². The van der Waals surface area contributed by atoms with Crippen LogP contribution in [0.15, 0.2) is 71.6 Å². The van der Waals surface area contributed by atoms with Crippen LogP contribution in [0.5, 0.6) is 11.6 Å². The van der Waals surface area contributed by atoms with Gasteiger partial charge in [-0.3, -0.25) is 0 Å². The first-order valence-corrected chi connectivity index (χ1v) is 12.0. The highest BCUT2D eigenvalue weighted by Crippen LogP contribution is 2.43. The molecule has 1 aliphatic rings. The lowest BCUT2D eigenvalue weighted by Crippen LogP contribution is -2.27. The second-order valence-electron chi connectivity index (χ2n) is 7.88. The molecule has 0 saturated heterocycles. The monoisotopic (exact) mass is 477 g/mol. The topological polar surface area (TPSA) is 81.2 Å². The molecule has 6 nitrogen and oxygen atoms in total. The highest BCUT2D eigenvalue weighted by molar-refractivity contribution is 7.92. The van der Waals surface area contributed by atoms with Crippen molar-refractivity contribution in [1.29, 1.82) is 0 Å². The molecule has 10 heteroatoms. The zero-order chi connectivity index (χ0) is 23.5. The molecule has 174 valence electrons. The number of halogens is 3. The van der Waals surface area contributed by atoms with Crippen molar-refractivity contribution in [3.8, 4) is 11.6 Å². The molecular formula is C23H22F3N3O3S. The highest BCUT2D eigenvalue weighted by atomic mass is 32.2. The summed E-state index contributed by atoms with van der Waals surface area (Å²) in [4.78, 5) is 8.56. The number of benzene rings is 2. The van der Waals surface area contributed by atoms with Gasteiger partial charge in [0.05, 0.1) is 16.5 Å². The maximum atomic E-state index is 13.1. The number of hydrogen-bond acceptors (Lipinski definition) is 5. The minimum Gasteiger partial charge on any atom is -0.439 e. The fourth-order valence-corrected chi connectivity index (χ4v) is 4.82. The van der Waals surface area contributed by atoms with E-state index in [0.717, 1.165) is 0 Å². The van der Waals surface area contributed by atoms with Gasteiger partial charge < -0.3 is 4.74 Å². The van der Waals surface area contributed by atoms with Gasteiger partial charge in [-0.2, -0.15) is 18.2 Å². The van der Waals surface area contributed by atoms with Crippen molar-refractivity contribution in [3.05, 3.63) is 72.4 Å². The van der Waals surface area contributed by atoms with Crippen molar-refractivity contribution in [2.24, 2.45) is 5.92 Å². The van der Waals surface area contributed by atoms with Gasteiger partial charge in [0, 0.05) is 12.0 Å². The van der Waals surface area contributed by atoms with E-state index in [2.05, 4.69) is 14.7 Å². The third-order valence-electron chi connectivity index (χ3n) is 5.58. The Balaban J connectivity index is 1.63. The molecule has 1 heterocycles. The summed E-state index contributed by atoms with van der Waals surface area (Å²) in [7, 11) is -3.96. The zero-order valence-corrected chi connectivity index (χ0v) is 18.3. The molecule has 0 unspecified atom stereocenters. The van der Waals surface area contributed by atoms with Gasteiger partial charge in [-0.1, -0.05) is 36.4 Å². The van der Waals surface area contributed by atoms with E-state index in [0.29, 0.717) is 11.4 Å². The van der Waals surface area contributed by atoms with Crippen molar-refractivity contribution in [2.75, 3.05) is 4.72 Å². The number of hydrogen-bond donors (Lipinski definition) is 1. The standard InChI is InChI=1S/C23H22F3N3O3S/c24-23(25,26)17-13-11-16(12-14-17)20-15-21(32-18-7-3-1-4-8-18)28-22(27-20)29-33(30,31)19-9-5-2-6-10-19/h1-10,15-17H,11-14H2,(H,27,28,29). The lowest BCUT2D eigenvalue weighted by atomic mass is 9.80. The Bertz CT molecular complexity index is 1180.